The molecule has 2 heterocycles. The molecule has 6 rings (SSSR count). The van der Waals surface area contributed by atoms with E-state index in [-0.39, 0.29) is 9.79 Å². The van der Waals surface area contributed by atoms with Crippen molar-refractivity contribution in [3.8, 4) is 28.3 Å². The molecule has 0 spiro atoms. The fourth-order valence-electron chi connectivity index (χ4n) is 4.86. The number of nitrogen functional groups attached to an aromatic ring is 1. The summed E-state index contributed by atoms with van der Waals surface area (Å²) in [6.45, 7) is 0. The molecule has 0 amide bonds. The van der Waals surface area contributed by atoms with E-state index in [1.165, 1.54) is 32.3 Å². The first kappa shape index (κ1) is 43.6. The van der Waals surface area contributed by atoms with Crippen LogP contribution in [0.3, 0.4) is 0 Å². The van der Waals surface area contributed by atoms with Crippen LogP contribution in [0.25, 0.3) is 22.5 Å². The Morgan fingerprint density at radius 1 is 0.709 bits per heavy atom. The van der Waals surface area contributed by atoms with Crippen LogP contribution in [-0.4, -0.2) is 62.7 Å². The predicted molar refractivity (Wildman–Crippen MR) is 219 cm³/mol. The molecule has 55 heavy (non-hydrogen) atoms. The number of sulfonamides is 2. The fraction of sp³-hybridized carbons (Fsp3) is 0.143. The Kier molecular flexibility index (Phi) is 15.2. The number of imidazole rings is 2. The summed E-state index contributed by atoms with van der Waals surface area (Å²) in [6, 6.07) is 19.7. The van der Waals surface area contributed by atoms with E-state index in [1.807, 2.05) is 37.0 Å². The van der Waals surface area contributed by atoms with Gasteiger partial charge >= 0.3 is 7.69 Å². The molecule has 4 aromatic carbocycles. The Hall–Kier alpha value is -4.10. The summed E-state index contributed by atoms with van der Waals surface area (Å²) in [5, 5.41) is 10.1. The zero-order chi connectivity index (χ0) is 40.5. The second-order valence-corrected chi connectivity index (χ2v) is 17.0. The van der Waals surface area contributed by atoms with Gasteiger partial charge in [-0.3, -0.25) is 0 Å². The maximum atomic E-state index is 12.2. The molecular formula is C35H35BCl4N7O6S2. The number of nitrogens with zero attached hydrogens (tertiary/aromatic N) is 4. The van der Waals surface area contributed by atoms with Gasteiger partial charge in [0.15, 0.2) is 0 Å². The average Bonchev–Trinajstić information content (AvgIpc) is 3.80. The van der Waals surface area contributed by atoms with Crippen molar-refractivity contribution in [2.45, 2.75) is 16.2 Å². The lowest BCUT2D eigenvalue weighted by Gasteiger charge is -2.11. The first-order chi connectivity index (χ1) is 26.0. The first-order valence-corrected chi connectivity index (χ1v) is 20.3. The van der Waals surface area contributed by atoms with Gasteiger partial charge in [0.1, 0.15) is 5.75 Å². The Labute approximate surface area is 340 Å². The van der Waals surface area contributed by atoms with Crippen LogP contribution >= 0.6 is 46.4 Å². The zero-order valence-corrected chi connectivity index (χ0v) is 34.4. The highest BCUT2D eigenvalue weighted by molar-refractivity contribution is 7.89. The minimum absolute atomic E-state index is 0.167. The van der Waals surface area contributed by atoms with E-state index in [1.54, 1.807) is 65.9 Å². The van der Waals surface area contributed by atoms with E-state index in [4.69, 9.17) is 57.2 Å². The lowest BCUT2D eigenvalue weighted by molar-refractivity contribution is 0.454. The number of benzene rings is 4. The van der Waals surface area contributed by atoms with Crippen LogP contribution in [-0.2, 0) is 40.6 Å². The standard InChI is InChI=1S/C18H17Cl2N3O2S.C11H14N4O2S.C6H4BCl2O2/c1-21-26(24,25)14-5-4-13(7-12-3-6-16(19)17(20)8-12)15(9-14)18-10-23(2)11-22-18;1-13-18(16,17)8-3-4-10(12)9(5-8)11-6-15(2)7-14-11;8-5-2-1-4(11-7-10)3-6(5)9/h3-6,8-11,21H,7H2,1-2H3;3-7,13H,12H2,1-2H3;1-3,10H. The molecule has 0 saturated carbocycles. The van der Waals surface area contributed by atoms with Gasteiger partial charge in [0, 0.05) is 43.3 Å². The molecule has 20 heteroatoms. The van der Waals surface area contributed by atoms with E-state index in [0.29, 0.717) is 62.6 Å². The van der Waals surface area contributed by atoms with E-state index < -0.39 is 20.0 Å². The fourth-order valence-corrected chi connectivity index (χ4v) is 6.98. The Balaban J connectivity index is 0.000000201. The molecule has 13 nitrogen and oxygen atoms in total. The van der Waals surface area contributed by atoms with Crippen molar-refractivity contribution < 1.29 is 26.5 Å². The van der Waals surface area contributed by atoms with E-state index in [9.17, 15) is 16.8 Å². The summed E-state index contributed by atoms with van der Waals surface area (Å²) in [5.74, 6) is 0.446. The number of nitrogens with one attached hydrogen (secondary N) is 2. The van der Waals surface area contributed by atoms with Gasteiger partial charge in [0.25, 0.3) is 0 Å². The summed E-state index contributed by atoms with van der Waals surface area (Å²) in [7, 11) is 0.0113. The summed E-state index contributed by atoms with van der Waals surface area (Å²) in [4.78, 5) is 8.89. The lowest BCUT2D eigenvalue weighted by Crippen LogP contribution is -2.18. The first-order valence-electron chi connectivity index (χ1n) is 15.9. The largest absolute Gasteiger partial charge is 0.569 e. The normalized spacial score (nSPS) is 11.2. The van der Waals surface area contributed by atoms with Gasteiger partial charge in [-0.1, -0.05) is 58.5 Å². The number of hydrogen-bond donors (Lipinski definition) is 4. The highest BCUT2D eigenvalue weighted by Gasteiger charge is 2.18. The second kappa shape index (κ2) is 19.2. The second-order valence-electron chi connectivity index (χ2n) is 11.6. The predicted octanol–water partition coefficient (Wildman–Crippen LogP) is 6.37. The molecule has 0 bridgehead atoms. The maximum Gasteiger partial charge on any atom is 0.569 e. The average molecular weight is 866 g/mol. The minimum atomic E-state index is -3.55. The van der Waals surface area contributed by atoms with Gasteiger partial charge in [-0.15, -0.1) is 0 Å². The third-order valence-electron chi connectivity index (χ3n) is 7.68. The quantitative estimate of drug-likeness (QED) is 0.0899. The maximum absolute atomic E-state index is 12.2. The Morgan fingerprint density at radius 3 is 1.71 bits per heavy atom. The molecule has 1 radical (unpaired) electrons. The Morgan fingerprint density at radius 2 is 1.22 bits per heavy atom. The number of hydrogen-bond acceptors (Lipinski definition) is 9. The topological polar surface area (TPSA) is 183 Å². The van der Waals surface area contributed by atoms with Crippen molar-refractivity contribution >= 4 is 79.8 Å². The number of nitrogens with two attached hydrogens (primary N) is 1. The number of aromatic nitrogens is 4. The molecule has 2 aromatic heterocycles. The van der Waals surface area contributed by atoms with Gasteiger partial charge in [-0.05, 0) is 92.3 Å². The van der Waals surface area contributed by atoms with Gasteiger partial charge < -0.3 is 24.5 Å². The monoisotopic (exact) mass is 864 g/mol. The van der Waals surface area contributed by atoms with Crippen LogP contribution in [0.2, 0.25) is 20.1 Å². The molecule has 5 N–H and O–H groups in total. The summed E-state index contributed by atoms with van der Waals surface area (Å²) < 4.78 is 60.6. The van der Waals surface area contributed by atoms with Gasteiger partial charge in [-0.25, -0.2) is 36.2 Å². The molecule has 0 aliphatic rings. The molecule has 0 fully saturated rings. The summed E-state index contributed by atoms with van der Waals surface area (Å²) >= 11 is 23.4. The summed E-state index contributed by atoms with van der Waals surface area (Å²) in [5.41, 5.74) is 11.0. The summed E-state index contributed by atoms with van der Waals surface area (Å²) in [6.07, 6.45) is 7.51. The highest BCUT2D eigenvalue weighted by Crippen LogP contribution is 2.30. The third-order valence-corrected chi connectivity index (χ3v) is 12.0. The van der Waals surface area contributed by atoms with Crippen molar-refractivity contribution in [1.82, 2.24) is 28.5 Å². The SMILES string of the molecule is CNS(=O)(=O)c1ccc(Cc2ccc(Cl)c(Cl)c2)c(-c2cn(C)cn2)c1.CNS(=O)(=O)c1ccc(N)c(-c2cn(C)cn2)c1.O[B]Oc1ccc(Cl)c(Cl)c1. The van der Waals surface area contributed by atoms with Gasteiger partial charge in [0.2, 0.25) is 20.0 Å². The molecule has 0 aliphatic heterocycles. The number of aryl methyl sites for hydroxylation is 2. The van der Waals surface area contributed by atoms with E-state index in [2.05, 4.69) is 24.1 Å². The molecular weight excluding hydrogens is 831 g/mol. The van der Waals surface area contributed by atoms with Crippen molar-refractivity contribution in [2.75, 3.05) is 19.8 Å². The molecule has 6 aromatic rings. The number of halogens is 4. The zero-order valence-electron chi connectivity index (χ0n) is 29.7. The smallest absolute Gasteiger partial charge is 0.537 e. The van der Waals surface area contributed by atoms with Crippen LogP contribution in [0.15, 0.2) is 108 Å². The van der Waals surface area contributed by atoms with Crippen LogP contribution in [0.4, 0.5) is 5.69 Å². The van der Waals surface area contributed by atoms with Gasteiger partial charge in [-0.2, -0.15) is 0 Å². The van der Waals surface area contributed by atoms with Crippen LogP contribution in [0, 0.1) is 0 Å². The highest BCUT2D eigenvalue weighted by atomic mass is 35.5. The van der Waals surface area contributed by atoms with Crippen LogP contribution in [0.1, 0.15) is 11.1 Å². The molecule has 0 unspecified atom stereocenters. The lowest BCUT2D eigenvalue weighted by atomic mass is 9.98. The minimum Gasteiger partial charge on any atom is -0.537 e. The van der Waals surface area contributed by atoms with Crippen molar-refractivity contribution in [3.05, 3.63) is 129 Å². The van der Waals surface area contributed by atoms with Crippen LogP contribution in [0.5, 0.6) is 5.75 Å². The molecule has 289 valence electrons. The third kappa shape index (κ3) is 11.7. The molecule has 0 atom stereocenters. The van der Waals surface area contributed by atoms with E-state index in [0.717, 1.165) is 16.7 Å². The van der Waals surface area contributed by atoms with Crippen molar-refractivity contribution in [2.24, 2.45) is 14.1 Å². The molecule has 0 saturated heterocycles. The Bertz CT molecular complexity index is 2500. The van der Waals surface area contributed by atoms with Gasteiger partial charge in [0.05, 0.1) is 53.9 Å². The van der Waals surface area contributed by atoms with E-state index >= 15 is 0 Å². The number of rotatable bonds is 10. The molecule has 0 aliphatic carbocycles. The van der Waals surface area contributed by atoms with Crippen LogP contribution < -0.4 is 19.8 Å². The van der Waals surface area contributed by atoms with Crippen molar-refractivity contribution in [1.29, 1.82) is 0 Å². The number of anilines is 1. The van der Waals surface area contributed by atoms with Crippen molar-refractivity contribution in [3.63, 3.8) is 0 Å².